The van der Waals surface area contributed by atoms with E-state index in [2.05, 4.69) is 21.7 Å². The molecule has 2 aliphatic rings. The van der Waals surface area contributed by atoms with E-state index in [1.54, 1.807) is 6.07 Å². The molecule has 1 fully saturated rings. The summed E-state index contributed by atoms with van der Waals surface area (Å²) in [5.74, 6) is -0.245. The molecular weight excluding hydrogens is 392 g/mol. The molecule has 1 heterocycles. The van der Waals surface area contributed by atoms with Gasteiger partial charge in [-0.1, -0.05) is 23.8 Å². The molecule has 0 aliphatic heterocycles. The minimum Gasteiger partial charge on any atom is -0.354 e. The van der Waals surface area contributed by atoms with Gasteiger partial charge in [0.25, 0.3) is 5.56 Å². The van der Waals surface area contributed by atoms with Crippen LogP contribution in [-0.4, -0.2) is 34.0 Å². The molecule has 4 rings (SSSR count). The fourth-order valence-electron chi connectivity index (χ4n) is 4.02. The molecule has 2 aliphatic carbocycles. The highest BCUT2D eigenvalue weighted by Gasteiger charge is 2.23. The summed E-state index contributed by atoms with van der Waals surface area (Å²) in [6, 6.07) is 7.60. The molecule has 1 aromatic carbocycles. The molecule has 0 radical (unpaired) electrons. The molecule has 0 unspecified atom stereocenters. The van der Waals surface area contributed by atoms with Gasteiger partial charge in [-0.25, -0.2) is 4.98 Å². The SMILES string of the molecule is O=C(Cn1c(=O)c(CCC(=O)NC2CC2)nc2ccccc21)NCCC1=CCCCC1. The number of nitrogens with zero attached hydrogens (tertiary/aromatic N) is 2. The molecule has 164 valence electrons. The average molecular weight is 423 g/mol. The molecule has 0 saturated heterocycles. The smallest absolute Gasteiger partial charge is 0.273 e. The van der Waals surface area contributed by atoms with Gasteiger partial charge in [0.05, 0.1) is 11.0 Å². The van der Waals surface area contributed by atoms with Crippen molar-refractivity contribution in [3.8, 4) is 0 Å². The second kappa shape index (κ2) is 9.90. The second-order valence-electron chi connectivity index (χ2n) is 8.49. The Hall–Kier alpha value is -2.96. The lowest BCUT2D eigenvalue weighted by Crippen LogP contribution is -2.35. The van der Waals surface area contributed by atoms with Crippen LogP contribution in [0, 0.1) is 0 Å². The zero-order valence-electron chi connectivity index (χ0n) is 17.9. The first-order valence-electron chi connectivity index (χ1n) is 11.3. The highest BCUT2D eigenvalue weighted by atomic mass is 16.2. The van der Waals surface area contributed by atoms with Gasteiger partial charge in [0, 0.05) is 25.4 Å². The highest BCUT2D eigenvalue weighted by Crippen LogP contribution is 2.20. The van der Waals surface area contributed by atoms with E-state index in [4.69, 9.17) is 0 Å². The third-order valence-electron chi connectivity index (χ3n) is 5.91. The largest absolute Gasteiger partial charge is 0.354 e. The summed E-state index contributed by atoms with van der Waals surface area (Å²) in [5.41, 5.74) is 2.71. The predicted molar refractivity (Wildman–Crippen MR) is 120 cm³/mol. The quantitative estimate of drug-likeness (QED) is 0.608. The second-order valence-corrected chi connectivity index (χ2v) is 8.49. The lowest BCUT2D eigenvalue weighted by molar-refractivity contribution is -0.122. The first-order chi connectivity index (χ1) is 15.1. The minimum atomic E-state index is -0.303. The van der Waals surface area contributed by atoms with Crippen LogP contribution < -0.4 is 16.2 Å². The number of aryl methyl sites for hydroxylation is 1. The Bertz CT molecular complexity index is 1050. The van der Waals surface area contributed by atoms with E-state index in [1.807, 2.05) is 18.2 Å². The van der Waals surface area contributed by atoms with E-state index < -0.39 is 0 Å². The number of aromatic nitrogens is 2. The van der Waals surface area contributed by atoms with Crippen LogP contribution in [0.4, 0.5) is 0 Å². The van der Waals surface area contributed by atoms with Crippen molar-refractivity contribution >= 4 is 22.8 Å². The average Bonchev–Trinajstić information content (AvgIpc) is 3.59. The van der Waals surface area contributed by atoms with Gasteiger partial charge in [-0.3, -0.25) is 19.0 Å². The Balaban J connectivity index is 1.44. The van der Waals surface area contributed by atoms with Crippen molar-refractivity contribution in [1.29, 1.82) is 0 Å². The molecule has 31 heavy (non-hydrogen) atoms. The lowest BCUT2D eigenvalue weighted by Gasteiger charge is -2.14. The zero-order valence-corrected chi connectivity index (χ0v) is 17.9. The number of allylic oxidation sites excluding steroid dienone is 1. The number of rotatable bonds is 9. The summed E-state index contributed by atoms with van der Waals surface area (Å²) >= 11 is 0. The number of hydrogen-bond acceptors (Lipinski definition) is 4. The fourth-order valence-corrected chi connectivity index (χ4v) is 4.02. The Labute approximate surface area is 181 Å². The van der Waals surface area contributed by atoms with Gasteiger partial charge in [0.1, 0.15) is 12.2 Å². The topological polar surface area (TPSA) is 93.1 Å². The Morgan fingerprint density at radius 2 is 1.94 bits per heavy atom. The molecule has 2 amide bonds. The molecule has 0 bridgehead atoms. The number of hydrogen-bond donors (Lipinski definition) is 2. The molecule has 7 heteroatoms. The van der Waals surface area contributed by atoms with E-state index in [0.717, 1.165) is 32.1 Å². The zero-order chi connectivity index (χ0) is 21.6. The summed E-state index contributed by atoms with van der Waals surface area (Å²) in [5, 5.41) is 5.88. The molecular formula is C24H30N4O3. The summed E-state index contributed by atoms with van der Waals surface area (Å²) in [7, 11) is 0. The number of nitrogens with one attached hydrogen (secondary N) is 2. The van der Waals surface area contributed by atoms with Crippen LogP contribution in [-0.2, 0) is 22.6 Å². The number of amides is 2. The normalized spacial score (nSPS) is 16.1. The summed E-state index contributed by atoms with van der Waals surface area (Å²) in [4.78, 5) is 42.2. The third kappa shape index (κ3) is 5.81. The number of carbonyl (C=O) groups excluding carboxylic acids is 2. The predicted octanol–water partition coefficient (Wildman–Crippen LogP) is 2.61. The highest BCUT2D eigenvalue weighted by molar-refractivity contribution is 5.80. The van der Waals surface area contributed by atoms with Crippen LogP contribution in [0.3, 0.4) is 0 Å². The van der Waals surface area contributed by atoms with E-state index in [1.165, 1.54) is 23.0 Å². The van der Waals surface area contributed by atoms with E-state index >= 15 is 0 Å². The number of benzene rings is 1. The van der Waals surface area contributed by atoms with Gasteiger partial charge in [0.15, 0.2) is 0 Å². The van der Waals surface area contributed by atoms with Crippen molar-refractivity contribution in [2.75, 3.05) is 6.54 Å². The van der Waals surface area contributed by atoms with Crippen LogP contribution in [0.5, 0.6) is 0 Å². The Morgan fingerprint density at radius 1 is 1.10 bits per heavy atom. The molecule has 2 aromatic rings. The van der Waals surface area contributed by atoms with Gasteiger partial charge in [0.2, 0.25) is 11.8 Å². The standard InChI is InChI=1S/C24H30N4O3/c29-22(26-18-10-11-18)13-12-20-24(31)28(21-9-5-4-8-19(21)27-20)16-23(30)25-15-14-17-6-2-1-3-7-17/h4-6,8-9,18H,1-3,7,10-16H2,(H,25,30)(H,26,29). The van der Waals surface area contributed by atoms with Crippen LogP contribution in [0.15, 0.2) is 40.7 Å². The molecule has 0 spiro atoms. The van der Waals surface area contributed by atoms with Crippen molar-refractivity contribution in [3.63, 3.8) is 0 Å². The maximum atomic E-state index is 13.1. The van der Waals surface area contributed by atoms with Crippen molar-refractivity contribution < 1.29 is 9.59 Å². The van der Waals surface area contributed by atoms with E-state index in [-0.39, 0.29) is 36.8 Å². The maximum absolute atomic E-state index is 13.1. The van der Waals surface area contributed by atoms with Crippen LogP contribution >= 0.6 is 0 Å². The number of fused-ring (bicyclic) bond motifs is 1. The van der Waals surface area contributed by atoms with Gasteiger partial charge < -0.3 is 10.6 Å². The molecule has 7 nitrogen and oxygen atoms in total. The van der Waals surface area contributed by atoms with Crippen molar-refractivity contribution in [3.05, 3.63) is 52.0 Å². The first kappa shape index (κ1) is 21.3. The number of para-hydroxylation sites is 2. The summed E-state index contributed by atoms with van der Waals surface area (Å²) < 4.78 is 1.48. The van der Waals surface area contributed by atoms with Gasteiger partial charge >= 0.3 is 0 Å². The Morgan fingerprint density at radius 3 is 2.71 bits per heavy atom. The van der Waals surface area contributed by atoms with Crippen molar-refractivity contribution in [2.45, 2.75) is 70.4 Å². The van der Waals surface area contributed by atoms with E-state index in [9.17, 15) is 14.4 Å². The van der Waals surface area contributed by atoms with Crippen molar-refractivity contribution in [2.24, 2.45) is 0 Å². The Kier molecular flexibility index (Phi) is 6.79. The van der Waals surface area contributed by atoms with E-state index in [0.29, 0.717) is 29.3 Å². The lowest BCUT2D eigenvalue weighted by atomic mass is 9.97. The van der Waals surface area contributed by atoms with Gasteiger partial charge in [-0.15, -0.1) is 0 Å². The third-order valence-corrected chi connectivity index (χ3v) is 5.91. The molecule has 1 saturated carbocycles. The van der Waals surface area contributed by atoms with Crippen LogP contribution in [0.25, 0.3) is 11.0 Å². The minimum absolute atomic E-state index is 0.0534. The van der Waals surface area contributed by atoms with Crippen LogP contribution in [0.2, 0.25) is 0 Å². The van der Waals surface area contributed by atoms with Crippen LogP contribution in [0.1, 0.15) is 57.1 Å². The molecule has 2 N–H and O–H groups in total. The summed E-state index contributed by atoms with van der Waals surface area (Å²) in [6.07, 6.45) is 10.4. The summed E-state index contributed by atoms with van der Waals surface area (Å²) in [6.45, 7) is 0.527. The number of carbonyl (C=O) groups is 2. The fraction of sp³-hybridized carbons (Fsp3) is 0.500. The molecule has 1 aromatic heterocycles. The van der Waals surface area contributed by atoms with Gasteiger partial charge in [-0.05, 0) is 57.1 Å². The monoisotopic (exact) mass is 422 g/mol. The van der Waals surface area contributed by atoms with Gasteiger partial charge in [-0.2, -0.15) is 0 Å². The maximum Gasteiger partial charge on any atom is 0.273 e. The molecule has 0 atom stereocenters. The van der Waals surface area contributed by atoms with Crippen molar-refractivity contribution in [1.82, 2.24) is 20.2 Å². The first-order valence-corrected chi connectivity index (χ1v) is 11.3.